The number of benzene rings is 1. The molecule has 6 heteroatoms. The van der Waals surface area contributed by atoms with Crippen molar-refractivity contribution < 1.29 is 23.8 Å². The zero-order valence-electron chi connectivity index (χ0n) is 18.4. The van der Waals surface area contributed by atoms with Crippen LogP contribution in [-0.4, -0.2) is 37.3 Å². The van der Waals surface area contributed by atoms with Crippen LogP contribution < -0.4 is 10.1 Å². The van der Waals surface area contributed by atoms with Gasteiger partial charge in [0.05, 0.1) is 13.2 Å². The Balaban J connectivity index is 2.26. The van der Waals surface area contributed by atoms with Gasteiger partial charge in [-0.25, -0.2) is 4.79 Å². The molecule has 2 rings (SSSR count). The summed E-state index contributed by atoms with van der Waals surface area (Å²) >= 11 is 0. The lowest BCUT2D eigenvalue weighted by molar-refractivity contribution is -0.148. The fourth-order valence-electron chi connectivity index (χ4n) is 3.73. The largest absolute Gasteiger partial charge is 0.490 e. The molecule has 1 aliphatic carbocycles. The Kier molecular flexibility index (Phi) is 8.50. The fourth-order valence-corrected chi connectivity index (χ4v) is 3.73. The fraction of sp³-hybridized carbons (Fsp3) is 0.652. The molecule has 3 atom stereocenters. The minimum atomic E-state index is -0.814. The van der Waals surface area contributed by atoms with Gasteiger partial charge in [0.1, 0.15) is 16.9 Å². The molecule has 1 aliphatic rings. The number of carbonyl (C=O) groups is 2. The Bertz CT molecular complexity index is 705. The van der Waals surface area contributed by atoms with E-state index in [4.69, 9.17) is 14.2 Å². The van der Waals surface area contributed by atoms with Gasteiger partial charge in [0, 0.05) is 12.3 Å². The van der Waals surface area contributed by atoms with Crippen LogP contribution >= 0.6 is 0 Å². The van der Waals surface area contributed by atoms with Gasteiger partial charge in [0.25, 0.3) is 5.91 Å². The molecule has 162 valence electrons. The molecule has 0 saturated heterocycles. The molecule has 0 aliphatic heterocycles. The van der Waals surface area contributed by atoms with Gasteiger partial charge in [-0.3, -0.25) is 4.79 Å². The van der Waals surface area contributed by atoms with Crippen LogP contribution in [0.25, 0.3) is 0 Å². The van der Waals surface area contributed by atoms with Crippen molar-refractivity contribution in [3.8, 4) is 5.75 Å². The molecule has 0 heterocycles. The molecule has 1 aromatic rings. The lowest BCUT2D eigenvalue weighted by atomic mass is 9.78. The van der Waals surface area contributed by atoms with Crippen LogP contribution in [0, 0.1) is 5.92 Å². The van der Waals surface area contributed by atoms with Gasteiger partial charge < -0.3 is 19.5 Å². The van der Waals surface area contributed by atoms with Gasteiger partial charge in [-0.2, -0.15) is 0 Å². The number of ether oxygens (including phenoxy) is 3. The summed E-state index contributed by atoms with van der Waals surface area (Å²) in [6.07, 6.45) is 5.13. The third-order valence-corrected chi connectivity index (χ3v) is 5.50. The predicted octanol–water partition coefficient (Wildman–Crippen LogP) is 4.96. The van der Waals surface area contributed by atoms with Crippen LogP contribution in [0.1, 0.15) is 76.6 Å². The first kappa shape index (κ1) is 23.2. The molecule has 1 N–H and O–H groups in total. The zero-order valence-corrected chi connectivity index (χ0v) is 18.4. The number of carbonyl (C=O) groups excluding carboxylic acids is 2. The molecule has 1 aromatic carbocycles. The highest BCUT2D eigenvalue weighted by Gasteiger charge is 2.42. The Morgan fingerprint density at radius 2 is 2.07 bits per heavy atom. The van der Waals surface area contributed by atoms with Gasteiger partial charge in [0.2, 0.25) is 0 Å². The van der Waals surface area contributed by atoms with Crippen LogP contribution in [0.2, 0.25) is 0 Å². The van der Waals surface area contributed by atoms with E-state index in [-0.39, 0.29) is 12.0 Å². The van der Waals surface area contributed by atoms with Crippen LogP contribution in [-0.2, 0) is 14.3 Å². The summed E-state index contributed by atoms with van der Waals surface area (Å²) < 4.78 is 16.8. The van der Waals surface area contributed by atoms with Crippen molar-refractivity contribution in [2.24, 2.45) is 5.92 Å². The van der Waals surface area contributed by atoms with E-state index in [0.717, 1.165) is 25.7 Å². The smallest absolute Gasteiger partial charge is 0.341 e. The minimum absolute atomic E-state index is 0.0340. The van der Waals surface area contributed by atoms with Crippen molar-refractivity contribution in [3.63, 3.8) is 0 Å². The van der Waals surface area contributed by atoms with Crippen molar-refractivity contribution in [1.29, 1.82) is 0 Å². The number of methoxy groups -OCH3 is 1. The molecule has 29 heavy (non-hydrogen) atoms. The molecule has 1 fully saturated rings. The van der Waals surface area contributed by atoms with Gasteiger partial charge in [-0.05, 0) is 63.1 Å². The maximum absolute atomic E-state index is 13.2. The summed E-state index contributed by atoms with van der Waals surface area (Å²) in [6, 6.07) is 5.07. The standard InChI is InChI=1S/C23H35NO5/c1-6-13-28-23(12-8-9-16(3)15-23)22(26)24-18-10-11-20(29-17(4)7-2)19(14-18)21(25)27-5/h10-11,14,16-17H,6-9,12-13,15H2,1-5H3,(H,24,26)/t16-,17+,23-/m1/s1. The van der Waals surface area contributed by atoms with Crippen LogP contribution in [0.4, 0.5) is 5.69 Å². The second kappa shape index (κ2) is 10.6. The average molecular weight is 406 g/mol. The first-order valence-electron chi connectivity index (χ1n) is 10.7. The summed E-state index contributed by atoms with van der Waals surface area (Å²) in [5.41, 5.74) is 0.0149. The first-order chi connectivity index (χ1) is 13.8. The van der Waals surface area contributed by atoms with Crippen LogP contribution in [0.3, 0.4) is 0 Å². The number of nitrogens with one attached hydrogen (secondary N) is 1. The number of amides is 1. The number of esters is 1. The van der Waals surface area contributed by atoms with E-state index < -0.39 is 11.6 Å². The number of hydrogen-bond acceptors (Lipinski definition) is 5. The number of anilines is 1. The SMILES string of the molecule is CCCO[C@]1(C(=O)Nc2ccc(O[C@@H](C)CC)c(C(=O)OC)c2)CCC[C@@H](C)C1. The monoisotopic (exact) mass is 405 g/mol. The van der Waals surface area contributed by atoms with E-state index in [9.17, 15) is 9.59 Å². The Labute approximate surface area is 174 Å². The van der Waals surface area contributed by atoms with E-state index in [0.29, 0.717) is 42.4 Å². The van der Waals surface area contributed by atoms with Gasteiger partial charge in [0.15, 0.2) is 0 Å². The molecule has 1 saturated carbocycles. The predicted molar refractivity (Wildman–Crippen MR) is 113 cm³/mol. The molecule has 0 radical (unpaired) electrons. The first-order valence-corrected chi connectivity index (χ1v) is 10.7. The summed E-state index contributed by atoms with van der Waals surface area (Å²) in [7, 11) is 1.33. The van der Waals surface area contributed by atoms with Crippen molar-refractivity contribution in [2.45, 2.75) is 77.9 Å². The molecule has 0 unspecified atom stereocenters. The van der Waals surface area contributed by atoms with E-state index >= 15 is 0 Å². The minimum Gasteiger partial charge on any atom is -0.490 e. The lowest BCUT2D eigenvalue weighted by Crippen LogP contribution is -2.48. The summed E-state index contributed by atoms with van der Waals surface area (Å²) in [6.45, 7) is 8.70. The van der Waals surface area contributed by atoms with Crippen LogP contribution in [0.5, 0.6) is 5.75 Å². The summed E-state index contributed by atoms with van der Waals surface area (Å²) in [5, 5.41) is 2.97. The third-order valence-electron chi connectivity index (χ3n) is 5.50. The van der Waals surface area contributed by atoms with E-state index in [1.807, 2.05) is 20.8 Å². The van der Waals surface area contributed by atoms with E-state index in [1.165, 1.54) is 7.11 Å². The van der Waals surface area contributed by atoms with Crippen LogP contribution in [0.15, 0.2) is 18.2 Å². The molecule has 1 amide bonds. The number of hydrogen-bond donors (Lipinski definition) is 1. The highest BCUT2D eigenvalue weighted by atomic mass is 16.5. The third kappa shape index (κ3) is 5.95. The Morgan fingerprint density at radius 3 is 2.69 bits per heavy atom. The normalized spacial score (nSPS) is 22.6. The average Bonchev–Trinajstić information content (AvgIpc) is 2.72. The Hall–Kier alpha value is -2.08. The lowest BCUT2D eigenvalue weighted by Gasteiger charge is -2.38. The van der Waals surface area contributed by atoms with Gasteiger partial charge >= 0.3 is 5.97 Å². The zero-order chi connectivity index (χ0) is 21.4. The molecule has 0 spiro atoms. The van der Waals surface area contributed by atoms with E-state index in [2.05, 4.69) is 12.2 Å². The quantitative estimate of drug-likeness (QED) is 0.588. The van der Waals surface area contributed by atoms with Crippen molar-refractivity contribution in [1.82, 2.24) is 0 Å². The second-order valence-corrected chi connectivity index (χ2v) is 8.04. The van der Waals surface area contributed by atoms with Crippen molar-refractivity contribution in [3.05, 3.63) is 23.8 Å². The Morgan fingerprint density at radius 1 is 1.31 bits per heavy atom. The highest BCUT2D eigenvalue weighted by Crippen LogP contribution is 2.37. The highest BCUT2D eigenvalue weighted by molar-refractivity contribution is 5.99. The van der Waals surface area contributed by atoms with Gasteiger partial charge in [-0.15, -0.1) is 0 Å². The maximum Gasteiger partial charge on any atom is 0.341 e. The summed E-state index contributed by atoms with van der Waals surface area (Å²) in [4.78, 5) is 25.5. The number of rotatable bonds is 9. The maximum atomic E-state index is 13.2. The molecular weight excluding hydrogens is 370 g/mol. The summed E-state index contributed by atoms with van der Waals surface area (Å²) in [5.74, 6) is 0.238. The molecular formula is C23H35NO5. The topological polar surface area (TPSA) is 73.9 Å². The van der Waals surface area contributed by atoms with Crippen molar-refractivity contribution >= 4 is 17.6 Å². The van der Waals surface area contributed by atoms with Gasteiger partial charge in [-0.1, -0.05) is 27.2 Å². The van der Waals surface area contributed by atoms with E-state index in [1.54, 1.807) is 18.2 Å². The van der Waals surface area contributed by atoms with Crippen molar-refractivity contribution in [2.75, 3.05) is 19.0 Å². The molecule has 6 nitrogen and oxygen atoms in total. The molecule has 0 aromatic heterocycles. The second-order valence-electron chi connectivity index (χ2n) is 8.04. The molecule has 0 bridgehead atoms.